The van der Waals surface area contributed by atoms with Crippen LogP contribution in [0.15, 0.2) is 24.3 Å². The molecule has 8 nitrogen and oxygen atoms in total. The molecule has 0 saturated heterocycles. The molecule has 0 aliphatic heterocycles. The number of nitrogens with zero attached hydrogens (tertiary/aromatic N) is 1. The zero-order valence-corrected chi connectivity index (χ0v) is 32.6. The van der Waals surface area contributed by atoms with Gasteiger partial charge in [0.25, 0.3) is 0 Å². The summed E-state index contributed by atoms with van der Waals surface area (Å²) in [5.74, 6) is -0.287. The van der Waals surface area contributed by atoms with Crippen molar-refractivity contribution in [3.8, 4) is 0 Å². The van der Waals surface area contributed by atoms with Crippen molar-refractivity contribution >= 4 is 18.1 Å². The summed E-state index contributed by atoms with van der Waals surface area (Å²) in [5, 5.41) is 0. The van der Waals surface area contributed by atoms with Gasteiger partial charge >= 0.3 is 18.1 Å². The molecule has 0 radical (unpaired) electrons. The van der Waals surface area contributed by atoms with Crippen molar-refractivity contribution in [1.29, 1.82) is 0 Å². The molecule has 0 spiro atoms. The quantitative estimate of drug-likeness (QED) is 0.0305. The number of ether oxygens (including phenoxy) is 4. The Labute approximate surface area is 306 Å². The summed E-state index contributed by atoms with van der Waals surface area (Å²) in [4.78, 5) is 40.0. The zero-order chi connectivity index (χ0) is 36.5. The predicted molar refractivity (Wildman–Crippen MR) is 204 cm³/mol. The normalized spacial score (nSPS) is 17.0. The number of hydrogen-bond acceptors (Lipinski definition) is 8. The third-order valence-corrected chi connectivity index (χ3v) is 9.84. The minimum atomic E-state index is -0.751. The highest BCUT2D eigenvalue weighted by atomic mass is 16.7. The molecule has 0 aromatic heterocycles. The van der Waals surface area contributed by atoms with Gasteiger partial charge in [-0.05, 0) is 89.6 Å². The molecular formula is C42H75NO7. The molecule has 50 heavy (non-hydrogen) atoms. The fourth-order valence-electron chi connectivity index (χ4n) is 6.41. The Morgan fingerprint density at radius 3 is 1.92 bits per heavy atom. The molecule has 1 saturated carbocycles. The Kier molecular flexibility index (Phi) is 29.7. The van der Waals surface area contributed by atoms with Crippen LogP contribution >= 0.6 is 0 Å². The van der Waals surface area contributed by atoms with Crippen molar-refractivity contribution in [3.05, 3.63) is 24.3 Å². The van der Waals surface area contributed by atoms with Gasteiger partial charge in [-0.3, -0.25) is 9.59 Å². The van der Waals surface area contributed by atoms with E-state index in [0.29, 0.717) is 12.3 Å². The lowest BCUT2D eigenvalue weighted by atomic mass is 9.80. The maximum atomic E-state index is 12.9. The first-order valence-electron chi connectivity index (χ1n) is 20.6. The van der Waals surface area contributed by atoms with Gasteiger partial charge in [0.05, 0.1) is 18.4 Å². The molecule has 1 aliphatic carbocycles. The van der Waals surface area contributed by atoms with Crippen molar-refractivity contribution in [2.45, 2.75) is 163 Å². The first-order chi connectivity index (χ1) is 24.4. The van der Waals surface area contributed by atoms with Crippen LogP contribution in [0.25, 0.3) is 0 Å². The molecule has 290 valence electrons. The SMILES string of the molecule is CCCCC/C=C\C/C=C\CCCCCCCC(=O)OCC(COC(=O)OCCCN(CC)CC)COC(=O)C1CCC(CCCCC)CC1. The highest BCUT2D eigenvalue weighted by Crippen LogP contribution is 2.32. The van der Waals surface area contributed by atoms with Crippen LogP contribution in [0.5, 0.6) is 0 Å². The molecule has 0 N–H and O–H groups in total. The van der Waals surface area contributed by atoms with Crippen molar-refractivity contribution in [1.82, 2.24) is 4.90 Å². The van der Waals surface area contributed by atoms with Crippen LogP contribution in [0.3, 0.4) is 0 Å². The Bertz CT molecular complexity index is 893. The molecule has 0 heterocycles. The van der Waals surface area contributed by atoms with Gasteiger partial charge in [-0.2, -0.15) is 0 Å². The first-order valence-corrected chi connectivity index (χ1v) is 20.6. The third kappa shape index (κ3) is 25.6. The van der Waals surface area contributed by atoms with E-state index in [0.717, 1.165) is 90.3 Å². The van der Waals surface area contributed by atoms with Crippen molar-refractivity contribution in [2.75, 3.05) is 46.1 Å². The van der Waals surface area contributed by atoms with Crippen molar-refractivity contribution < 1.29 is 33.3 Å². The molecule has 1 rings (SSSR count). The summed E-state index contributed by atoms with van der Waals surface area (Å²) < 4.78 is 21.9. The fourth-order valence-corrected chi connectivity index (χ4v) is 6.41. The number of rotatable bonds is 31. The predicted octanol–water partition coefficient (Wildman–Crippen LogP) is 10.8. The van der Waals surface area contributed by atoms with Crippen molar-refractivity contribution in [2.24, 2.45) is 17.8 Å². The number of esters is 2. The fraction of sp³-hybridized carbons (Fsp3) is 0.833. The number of unbranched alkanes of at least 4 members (excludes halogenated alkanes) is 10. The highest BCUT2D eigenvalue weighted by Gasteiger charge is 2.28. The van der Waals surface area contributed by atoms with Gasteiger partial charge in [-0.15, -0.1) is 0 Å². The number of allylic oxidation sites excluding steroid dienone is 4. The van der Waals surface area contributed by atoms with E-state index in [1.54, 1.807) is 0 Å². The molecule has 1 atom stereocenters. The monoisotopic (exact) mass is 706 g/mol. The lowest BCUT2D eigenvalue weighted by Gasteiger charge is -2.27. The van der Waals surface area contributed by atoms with Gasteiger partial charge in [0.15, 0.2) is 0 Å². The number of carbonyl (C=O) groups is 3. The van der Waals surface area contributed by atoms with Gasteiger partial charge in [-0.25, -0.2) is 4.79 Å². The second kappa shape index (κ2) is 32.6. The second-order valence-electron chi connectivity index (χ2n) is 14.2. The molecule has 0 bridgehead atoms. The Hall–Kier alpha value is -2.35. The molecule has 1 fully saturated rings. The molecular weight excluding hydrogens is 630 g/mol. The molecule has 0 amide bonds. The molecule has 1 unspecified atom stereocenters. The summed E-state index contributed by atoms with van der Waals surface area (Å²) in [6.45, 7) is 11.7. The van der Waals surface area contributed by atoms with Crippen molar-refractivity contribution in [3.63, 3.8) is 0 Å². The average Bonchev–Trinajstić information content (AvgIpc) is 3.13. The van der Waals surface area contributed by atoms with E-state index in [1.807, 2.05) is 0 Å². The minimum absolute atomic E-state index is 0.0335. The summed E-state index contributed by atoms with van der Waals surface area (Å²) >= 11 is 0. The van der Waals surface area contributed by atoms with E-state index in [1.165, 1.54) is 57.8 Å². The molecule has 8 heteroatoms. The summed E-state index contributed by atoms with van der Waals surface area (Å²) in [6, 6.07) is 0. The maximum absolute atomic E-state index is 12.9. The largest absolute Gasteiger partial charge is 0.508 e. The van der Waals surface area contributed by atoms with E-state index >= 15 is 0 Å². The maximum Gasteiger partial charge on any atom is 0.508 e. The van der Waals surface area contributed by atoms with Gasteiger partial charge in [0, 0.05) is 13.0 Å². The molecule has 1 aliphatic rings. The molecule has 0 aromatic carbocycles. The van der Waals surface area contributed by atoms with E-state index in [-0.39, 0.29) is 44.3 Å². The van der Waals surface area contributed by atoms with Gasteiger partial charge in [0.2, 0.25) is 0 Å². The van der Waals surface area contributed by atoms with E-state index < -0.39 is 12.1 Å². The highest BCUT2D eigenvalue weighted by molar-refractivity contribution is 5.72. The van der Waals surface area contributed by atoms with Crippen LogP contribution in [0, 0.1) is 17.8 Å². The van der Waals surface area contributed by atoms with Crippen LogP contribution in [0.4, 0.5) is 4.79 Å². The van der Waals surface area contributed by atoms with Crippen LogP contribution in [-0.2, 0) is 28.5 Å². The summed E-state index contributed by atoms with van der Waals surface area (Å²) in [5.41, 5.74) is 0. The van der Waals surface area contributed by atoms with Gasteiger partial charge in [0.1, 0.15) is 19.8 Å². The van der Waals surface area contributed by atoms with Crippen LogP contribution in [0.1, 0.15) is 163 Å². The van der Waals surface area contributed by atoms with E-state index in [9.17, 15) is 14.4 Å². The minimum Gasteiger partial charge on any atom is -0.465 e. The summed E-state index contributed by atoms with van der Waals surface area (Å²) in [6.07, 6.45) is 30.7. The Balaban J connectivity index is 2.37. The third-order valence-electron chi connectivity index (χ3n) is 9.84. The first kappa shape index (κ1) is 45.7. The lowest BCUT2D eigenvalue weighted by molar-refractivity contribution is -0.154. The number of hydrogen-bond donors (Lipinski definition) is 0. The topological polar surface area (TPSA) is 91.4 Å². The second-order valence-corrected chi connectivity index (χ2v) is 14.2. The smallest absolute Gasteiger partial charge is 0.465 e. The van der Waals surface area contributed by atoms with Gasteiger partial charge in [-0.1, -0.05) is 110 Å². The number of carbonyl (C=O) groups excluding carboxylic acids is 3. The summed E-state index contributed by atoms with van der Waals surface area (Å²) in [7, 11) is 0. The average molecular weight is 706 g/mol. The standard InChI is InChI=1S/C42H75NO7/c1-5-9-11-12-13-14-15-16-17-18-19-20-21-22-24-27-40(44)48-34-38(36-50-42(46)47-33-25-32-43(7-3)8-4)35-49-41(45)39-30-28-37(29-31-39)26-23-10-6-2/h13-14,16-17,37-39H,5-12,15,18-36H2,1-4H3/b14-13-,17-16-. The van der Waals surface area contributed by atoms with Crippen LogP contribution in [-0.4, -0.2) is 69.1 Å². The van der Waals surface area contributed by atoms with Gasteiger partial charge < -0.3 is 23.8 Å². The Morgan fingerprint density at radius 2 is 1.24 bits per heavy atom. The van der Waals surface area contributed by atoms with E-state index in [2.05, 4.69) is 56.9 Å². The van der Waals surface area contributed by atoms with E-state index in [4.69, 9.17) is 18.9 Å². The van der Waals surface area contributed by atoms with Crippen LogP contribution in [0.2, 0.25) is 0 Å². The van der Waals surface area contributed by atoms with Crippen LogP contribution < -0.4 is 0 Å². The molecule has 0 aromatic rings. The Morgan fingerprint density at radius 1 is 0.640 bits per heavy atom. The zero-order valence-electron chi connectivity index (χ0n) is 32.6. The lowest BCUT2D eigenvalue weighted by Crippen LogP contribution is -2.30.